The Hall–Kier alpha value is -1.27. The van der Waals surface area contributed by atoms with Crippen molar-refractivity contribution >= 4 is 17.6 Å². The van der Waals surface area contributed by atoms with Crippen molar-refractivity contribution in [3.8, 4) is 0 Å². The zero-order valence-electron chi connectivity index (χ0n) is 11.7. The normalized spacial score (nSPS) is 24.9. The molecule has 2 atom stereocenters. The standard InChI is InChI=1S/C14H20FN3OS/c1-9-6-18(7-10(2)20-9)8-12-4-3-11(5-13(12)15)14(16)17-19/h3-5,9-10,19H,6-8H2,1-2H3,(H2,16,17). The molecule has 0 aliphatic carbocycles. The van der Waals surface area contributed by atoms with Gasteiger partial charge in [-0.1, -0.05) is 31.1 Å². The van der Waals surface area contributed by atoms with E-state index < -0.39 is 0 Å². The van der Waals surface area contributed by atoms with Crippen molar-refractivity contribution in [2.24, 2.45) is 10.9 Å². The van der Waals surface area contributed by atoms with E-state index in [-0.39, 0.29) is 11.7 Å². The molecule has 0 aromatic heterocycles. The van der Waals surface area contributed by atoms with Gasteiger partial charge in [0.05, 0.1) is 0 Å². The molecule has 1 heterocycles. The maximum absolute atomic E-state index is 14.1. The number of oxime groups is 1. The predicted molar refractivity (Wildman–Crippen MR) is 80.7 cm³/mol. The van der Waals surface area contributed by atoms with Crippen LogP contribution in [0, 0.1) is 5.82 Å². The first-order valence-electron chi connectivity index (χ1n) is 6.63. The van der Waals surface area contributed by atoms with Gasteiger partial charge in [0, 0.05) is 41.3 Å². The zero-order valence-corrected chi connectivity index (χ0v) is 12.5. The van der Waals surface area contributed by atoms with E-state index in [4.69, 9.17) is 10.9 Å². The van der Waals surface area contributed by atoms with Gasteiger partial charge in [0.2, 0.25) is 0 Å². The molecule has 2 rings (SSSR count). The number of hydrogen-bond donors (Lipinski definition) is 2. The Balaban J connectivity index is 2.10. The third-order valence-corrected chi connectivity index (χ3v) is 4.57. The minimum Gasteiger partial charge on any atom is -0.409 e. The molecular weight excluding hydrogens is 277 g/mol. The number of nitrogens with two attached hydrogens (primary N) is 1. The van der Waals surface area contributed by atoms with Crippen LogP contribution in [-0.4, -0.2) is 39.5 Å². The number of nitrogens with zero attached hydrogens (tertiary/aromatic N) is 2. The molecule has 1 aliphatic heterocycles. The van der Waals surface area contributed by atoms with Crippen LogP contribution < -0.4 is 5.73 Å². The van der Waals surface area contributed by atoms with E-state index in [1.54, 1.807) is 12.1 Å². The molecule has 110 valence electrons. The van der Waals surface area contributed by atoms with Crippen LogP contribution in [0.3, 0.4) is 0 Å². The lowest BCUT2D eigenvalue weighted by Crippen LogP contribution is -2.39. The monoisotopic (exact) mass is 297 g/mol. The molecule has 0 radical (unpaired) electrons. The second kappa shape index (κ2) is 6.45. The van der Waals surface area contributed by atoms with E-state index in [0.717, 1.165) is 13.1 Å². The van der Waals surface area contributed by atoms with Gasteiger partial charge in [-0.25, -0.2) is 4.39 Å². The van der Waals surface area contributed by atoms with Gasteiger partial charge in [-0.05, 0) is 6.07 Å². The summed E-state index contributed by atoms with van der Waals surface area (Å²) in [5.41, 5.74) is 6.49. The van der Waals surface area contributed by atoms with Gasteiger partial charge in [0.15, 0.2) is 5.84 Å². The summed E-state index contributed by atoms with van der Waals surface area (Å²) in [5, 5.41) is 12.6. The molecule has 0 spiro atoms. The molecule has 6 heteroatoms. The Labute approximate surface area is 122 Å². The van der Waals surface area contributed by atoms with Crippen molar-refractivity contribution in [2.75, 3.05) is 13.1 Å². The first-order valence-corrected chi connectivity index (χ1v) is 7.58. The molecule has 2 unspecified atom stereocenters. The Bertz CT molecular complexity index is 499. The van der Waals surface area contributed by atoms with Gasteiger partial charge in [0.1, 0.15) is 5.82 Å². The van der Waals surface area contributed by atoms with Gasteiger partial charge < -0.3 is 10.9 Å². The summed E-state index contributed by atoms with van der Waals surface area (Å²) in [6.07, 6.45) is 0. The second-order valence-corrected chi connectivity index (χ2v) is 7.12. The van der Waals surface area contributed by atoms with Crippen molar-refractivity contribution in [3.05, 3.63) is 35.1 Å². The third kappa shape index (κ3) is 3.64. The SMILES string of the molecule is CC1CN(Cc2ccc(C(N)=NO)cc2F)CC(C)S1. The molecule has 0 amide bonds. The molecule has 3 N–H and O–H groups in total. The van der Waals surface area contributed by atoms with Crippen molar-refractivity contribution in [1.82, 2.24) is 4.90 Å². The Morgan fingerprint density at radius 1 is 1.45 bits per heavy atom. The lowest BCUT2D eigenvalue weighted by Gasteiger charge is -2.34. The van der Waals surface area contributed by atoms with Crippen LogP contribution in [0.2, 0.25) is 0 Å². The highest BCUT2D eigenvalue weighted by Gasteiger charge is 2.23. The zero-order chi connectivity index (χ0) is 14.7. The fraction of sp³-hybridized carbons (Fsp3) is 0.500. The molecule has 1 aromatic rings. The largest absolute Gasteiger partial charge is 0.409 e. The number of benzene rings is 1. The number of rotatable bonds is 3. The molecule has 1 aliphatic rings. The minimum absolute atomic E-state index is 0.0768. The number of hydrogen-bond acceptors (Lipinski definition) is 4. The number of thioether (sulfide) groups is 1. The van der Waals surface area contributed by atoms with E-state index >= 15 is 0 Å². The van der Waals surface area contributed by atoms with Crippen molar-refractivity contribution in [2.45, 2.75) is 30.9 Å². The molecule has 20 heavy (non-hydrogen) atoms. The van der Waals surface area contributed by atoms with Crippen LogP contribution in [0.1, 0.15) is 25.0 Å². The third-order valence-electron chi connectivity index (χ3n) is 3.35. The van der Waals surface area contributed by atoms with E-state index in [9.17, 15) is 4.39 Å². The van der Waals surface area contributed by atoms with Crippen molar-refractivity contribution < 1.29 is 9.60 Å². The highest BCUT2D eigenvalue weighted by molar-refractivity contribution is 8.00. The van der Waals surface area contributed by atoms with E-state index in [0.29, 0.717) is 28.2 Å². The van der Waals surface area contributed by atoms with Crippen LogP contribution in [0.15, 0.2) is 23.4 Å². The Morgan fingerprint density at radius 2 is 2.10 bits per heavy atom. The average molecular weight is 297 g/mol. The van der Waals surface area contributed by atoms with E-state index in [2.05, 4.69) is 23.9 Å². The Kier molecular flexibility index (Phi) is 4.88. The first-order chi connectivity index (χ1) is 9.49. The minimum atomic E-state index is -0.312. The van der Waals surface area contributed by atoms with Crippen LogP contribution in [-0.2, 0) is 6.54 Å². The van der Waals surface area contributed by atoms with Gasteiger partial charge in [-0.3, -0.25) is 4.90 Å². The summed E-state index contributed by atoms with van der Waals surface area (Å²) in [6.45, 7) is 6.93. The van der Waals surface area contributed by atoms with Crippen LogP contribution in [0.25, 0.3) is 0 Å². The molecule has 1 fully saturated rings. The van der Waals surface area contributed by atoms with Crippen LogP contribution >= 0.6 is 11.8 Å². The molecule has 0 saturated carbocycles. The lowest BCUT2D eigenvalue weighted by molar-refractivity contribution is 0.259. The van der Waals surface area contributed by atoms with Gasteiger partial charge in [-0.2, -0.15) is 11.8 Å². The van der Waals surface area contributed by atoms with E-state index in [1.807, 2.05) is 11.8 Å². The fourth-order valence-corrected chi connectivity index (χ4v) is 3.93. The molecule has 1 saturated heterocycles. The lowest BCUT2D eigenvalue weighted by atomic mass is 10.1. The molecule has 0 bridgehead atoms. The maximum atomic E-state index is 14.1. The smallest absolute Gasteiger partial charge is 0.170 e. The number of halogens is 1. The summed E-state index contributed by atoms with van der Waals surface area (Å²) >= 11 is 1.97. The average Bonchev–Trinajstić information content (AvgIpc) is 2.39. The summed E-state index contributed by atoms with van der Waals surface area (Å²) in [6, 6.07) is 4.70. The van der Waals surface area contributed by atoms with Crippen LogP contribution in [0.5, 0.6) is 0 Å². The first kappa shape index (κ1) is 15.1. The Morgan fingerprint density at radius 3 is 2.65 bits per heavy atom. The van der Waals surface area contributed by atoms with E-state index in [1.165, 1.54) is 6.07 Å². The van der Waals surface area contributed by atoms with Crippen LogP contribution in [0.4, 0.5) is 4.39 Å². The van der Waals surface area contributed by atoms with Crippen molar-refractivity contribution in [3.63, 3.8) is 0 Å². The molecule has 4 nitrogen and oxygen atoms in total. The molecule has 1 aromatic carbocycles. The summed E-state index contributed by atoms with van der Waals surface area (Å²) in [4.78, 5) is 2.27. The fourth-order valence-electron chi connectivity index (χ4n) is 2.55. The van der Waals surface area contributed by atoms with Gasteiger partial charge >= 0.3 is 0 Å². The maximum Gasteiger partial charge on any atom is 0.170 e. The van der Waals surface area contributed by atoms with Gasteiger partial charge in [0.25, 0.3) is 0 Å². The highest BCUT2D eigenvalue weighted by Crippen LogP contribution is 2.26. The predicted octanol–water partition coefficient (Wildman–Crippen LogP) is 2.25. The summed E-state index contributed by atoms with van der Waals surface area (Å²) < 4.78 is 14.1. The molecular formula is C14H20FN3OS. The van der Waals surface area contributed by atoms with Gasteiger partial charge in [-0.15, -0.1) is 0 Å². The summed E-state index contributed by atoms with van der Waals surface area (Å²) in [5.74, 6) is -0.389. The van der Waals surface area contributed by atoms with Crippen molar-refractivity contribution in [1.29, 1.82) is 0 Å². The highest BCUT2D eigenvalue weighted by atomic mass is 32.2. The number of amidine groups is 1. The second-order valence-electron chi connectivity index (χ2n) is 5.24. The summed E-state index contributed by atoms with van der Waals surface area (Å²) in [7, 11) is 0. The topological polar surface area (TPSA) is 61.8 Å². The quantitative estimate of drug-likeness (QED) is 0.389.